The molecular formula is C11H15ClN2O2S. The zero-order valence-corrected chi connectivity index (χ0v) is 11.1. The number of anilines is 1. The highest BCUT2D eigenvalue weighted by atomic mass is 35.5. The summed E-state index contributed by atoms with van der Waals surface area (Å²) in [6.07, 6.45) is 2.18. The Kier molecular flexibility index (Phi) is 3.34. The smallest absolute Gasteiger partial charge is 0.240 e. The fourth-order valence-electron chi connectivity index (χ4n) is 1.68. The maximum atomic E-state index is 12.0. The molecule has 1 saturated carbocycles. The van der Waals surface area contributed by atoms with Gasteiger partial charge in [-0.2, -0.15) is 0 Å². The Hall–Kier alpha value is -0.780. The zero-order chi connectivity index (χ0) is 12.6. The van der Waals surface area contributed by atoms with Crippen LogP contribution >= 0.6 is 11.6 Å². The van der Waals surface area contributed by atoms with E-state index in [2.05, 4.69) is 4.72 Å². The van der Waals surface area contributed by atoms with E-state index in [0.29, 0.717) is 11.6 Å². The summed E-state index contributed by atoms with van der Waals surface area (Å²) in [5.74, 6) is 0.467. The quantitative estimate of drug-likeness (QED) is 0.825. The molecule has 2 rings (SSSR count). The van der Waals surface area contributed by atoms with Crippen molar-refractivity contribution in [2.45, 2.75) is 30.7 Å². The molecule has 1 aromatic carbocycles. The molecule has 0 aliphatic heterocycles. The normalized spacial score (nSPS) is 18.0. The molecule has 1 aromatic rings. The molecule has 1 aliphatic carbocycles. The van der Waals surface area contributed by atoms with E-state index in [-0.39, 0.29) is 16.0 Å². The predicted molar refractivity (Wildman–Crippen MR) is 68.4 cm³/mol. The molecule has 1 fully saturated rings. The van der Waals surface area contributed by atoms with Crippen LogP contribution in [0, 0.1) is 5.92 Å². The molecule has 0 saturated heterocycles. The lowest BCUT2D eigenvalue weighted by Gasteiger charge is -2.13. The first-order valence-corrected chi connectivity index (χ1v) is 7.33. The number of nitrogen functional groups attached to an aromatic ring is 1. The van der Waals surface area contributed by atoms with Gasteiger partial charge in [0.1, 0.15) is 0 Å². The van der Waals surface area contributed by atoms with Crippen LogP contribution in [0.25, 0.3) is 0 Å². The molecule has 17 heavy (non-hydrogen) atoms. The van der Waals surface area contributed by atoms with Crippen molar-refractivity contribution in [2.75, 3.05) is 5.73 Å². The van der Waals surface area contributed by atoms with Crippen LogP contribution < -0.4 is 10.5 Å². The second-order valence-corrected chi connectivity index (χ2v) is 6.55. The van der Waals surface area contributed by atoms with E-state index in [4.69, 9.17) is 17.3 Å². The van der Waals surface area contributed by atoms with Crippen molar-refractivity contribution in [3.8, 4) is 0 Å². The van der Waals surface area contributed by atoms with Gasteiger partial charge in [0.05, 0.1) is 15.6 Å². The molecule has 0 bridgehead atoms. The minimum Gasteiger partial charge on any atom is -0.398 e. The highest BCUT2D eigenvalue weighted by Gasteiger charge is 2.31. The molecule has 1 aliphatic rings. The van der Waals surface area contributed by atoms with Crippen molar-refractivity contribution >= 4 is 27.3 Å². The van der Waals surface area contributed by atoms with E-state index in [1.54, 1.807) is 0 Å². The molecule has 3 N–H and O–H groups in total. The number of benzene rings is 1. The first-order chi connectivity index (χ1) is 7.90. The molecule has 0 amide bonds. The van der Waals surface area contributed by atoms with Gasteiger partial charge in [0.25, 0.3) is 0 Å². The monoisotopic (exact) mass is 274 g/mol. The van der Waals surface area contributed by atoms with Gasteiger partial charge >= 0.3 is 0 Å². The first kappa shape index (κ1) is 12.7. The fraction of sp³-hybridized carbons (Fsp3) is 0.455. The van der Waals surface area contributed by atoms with Crippen molar-refractivity contribution in [3.63, 3.8) is 0 Å². The SMILES string of the molecule is CC(NS(=O)(=O)c1ccc(N)c(Cl)c1)C1CC1. The highest BCUT2D eigenvalue weighted by molar-refractivity contribution is 7.89. The Morgan fingerprint density at radius 1 is 1.47 bits per heavy atom. The third-order valence-electron chi connectivity index (χ3n) is 2.95. The van der Waals surface area contributed by atoms with Crippen molar-refractivity contribution in [1.82, 2.24) is 4.72 Å². The summed E-state index contributed by atoms with van der Waals surface area (Å²) >= 11 is 5.81. The van der Waals surface area contributed by atoms with Crippen molar-refractivity contribution in [1.29, 1.82) is 0 Å². The van der Waals surface area contributed by atoms with Crippen LogP contribution in [-0.2, 0) is 10.0 Å². The second-order valence-electron chi connectivity index (χ2n) is 4.43. The molecular weight excluding hydrogens is 260 g/mol. The molecule has 1 unspecified atom stereocenters. The minimum atomic E-state index is -3.49. The Morgan fingerprint density at radius 3 is 2.65 bits per heavy atom. The van der Waals surface area contributed by atoms with Gasteiger partial charge in [-0.15, -0.1) is 0 Å². The average Bonchev–Trinajstić information content (AvgIpc) is 3.04. The zero-order valence-electron chi connectivity index (χ0n) is 9.48. The van der Waals surface area contributed by atoms with Crippen molar-refractivity contribution in [3.05, 3.63) is 23.2 Å². The van der Waals surface area contributed by atoms with Gasteiger partial charge in [-0.05, 0) is 43.9 Å². The van der Waals surface area contributed by atoms with E-state index < -0.39 is 10.0 Å². The number of hydrogen-bond acceptors (Lipinski definition) is 3. The summed E-state index contributed by atoms with van der Waals surface area (Å²) in [5, 5.41) is 0.256. The van der Waals surface area contributed by atoms with Gasteiger partial charge in [-0.1, -0.05) is 11.6 Å². The van der Waals surface area contributed by atoms with Gasteiger partial charge in [0.15, 0.2) is 0 Å². The molecule has 6 heteroatoms. The summed E-state index contributed by atoms with van der Waals surface area (Å²) in [7, 11) is -3.49. The highest BCUT2D eigenvalue weighted by Crippen LogP contribution is 2.33. The van der Waals surface area contributed by atoms with Gasteiger partial charge in [-0.25, -0.2) is 13.1 Å². The molecule has 0 heterocycles. The van der Waals surface area contributed by atoms with E-state index in [9.17, 15) is 8.42 Å². The Bertz CT molecular complexity index is 526. The molecule has 0 spiro atoms. The number of hydrogen-bond donors (Lipinski definition) is 2. The summed E-state index contributed by atoms with van der Waals surface area (Å²) in [4.78, 5) is 0.157. The van der Waals surface area contributed by atoms with Crippen molar-refractivity contribution in [2.24, 2.45) is 5.92 Å². The fourth-order valence-corrected chi connectivity index (χ4v) is 3.26. The lowest BCUT2D eigenvalue weighted by molar-refractivity contribution is 0.538. The standard InChI is InChI=1S/C11H15ClN2O2S/c1-7(8-2-3-8)14-17(15,16)9-4-5-11(13)10(12)6-9/h4-8,14H,2-3,13H2,1H3. The Morgan fingerprint density at radius 2 is 2.12 bits per heavy atom. The third kappa shape index (κ3) is 2.91. The van der Waals surface area contributed by atoms with E-state index in [0.717, 1.165) is 12.8 Å². The number of nitrogens with two attached hydrogens (primary N) is 1. The van der Waals surface area contributed by atoms with Crippen LogP contribution in [0.5, 0.6) is 0 Å². The Balaban J connectivity index is 2.21. The van der Waals surface area contributed by atoms with E-state index in [1.165, 1.54) is 18.2 Å². The largest absolute Gasteiger partial charge is 0.398 e. The summed E-state index contributed by atoms with van der Waals surface area (Å²) in [5.41, 5.74) is 5.92. The average molecular weight is 275 g/mol. The van der Waals surface area contributed by atoms with Crippen molar-refractivity contribution < 1.29 is 8.42 Å². The maximum absolute atomic E-state index is 12.0. The molecule has 94 valence electrons. The van der Waals surface area contributed by atoms with Gasteiger partial charge in [-0.3, -0.25) is 0 Å². The lowest BCUT2D eigenvalue weighted by Crippen LogP contribution is -2.34. The number of sulfonamides is 1. The number of nitrogens with one attached hydrogen (secondary N) is 1. The third-order valence-corrected chi connectivity index (χ3v) is 4.84. The van der Waals surface area contributed by atoms with Crippen LogP contribution in [0.3, 0.4) is 0 Å². The number of rotatable bonds is 4. The van der Waals surface area contributed by atoms with Crippen LogP contribution in [0.2, 0.25) is 5.02 Å². The van der Waals surface area contributed by atoms with E-state index >= 15 is 0 Å². The van der Waals surface area contributed by atoms with Crippen LogP contribution in [0.4, 0.5) is 5.69 Å². The summed E-state index contributed by atoms with van der Waals surface area (Å²) < 4.78 is 26.7. The van der Waals surface area contributed by atoms with Gasteiger partial charge < -0.3 is 5.73 Å². The minimum absolute atomic E-state index is 0.0312. The molecule has 4 nitrogen and oxygen atoms in total. The first-order valence-electron chi connectivity index (χ1n) is 5.47. The molecule has 0 aromatic heterocycles. The second kappa shape index (κ2) is 4.48. The summed E-state index contributed by atoms with van der Waals surface area (Å²) in [6, 6.07) is 4.30. The Labute approximate surface area is 106 Å². The van der Waals surface area contributed by atoms with Crippen LogP contribution in [0.1, 0.15) is 19.8 Å². The molecule has 1 atom stereocenters. The van der Waals surface area contributed by atoms with Crippen LogP contribution in [-0.4, -0.2) is 14.5 Å². The lowest BCUT2D eigenvalue weighted by atomic mass is 10.2. The van der Waals surface area contributed by atoms with Gasteiger partial charge in [0.2, 0.25) is 10.0 Å². The van der Waals surface area contributed by atoms with Crippen LogP contribution in [0.15, 0.2) is 23.1 Å². The maximum Gasteiger partial charge on any atom is 0.240 e. The van der Waals surface area contributed by atoms with E-state index in [1.807, 2.05) is 6.92 Å². The van der Waals surface area contributed by atoms with Gasteiger partial charge in [0, 0.05) is 6.04 Å². The molecule has 0 radical (unpaired) electrons. The summed E-state index contributed by atoms with van der Waals surface area (Å²) in [6.45, 7) is 1.88. The number of halogens is 1. The topological polar surface area (TPSA) is 72.2 Å². The predicted octanol–water partition coefficient (Wildman–Crippen LogP) is 2.00.